The van der Waals surface area contributed by atoms with Gasteiger partial charge in [-0.25, -0.2) is 9.97 Å². The lowest BCUT2D eigenvalue weighted by Gasteiger charge is -2.48. The van der Waals surface area contributed by atoms with Gasteiger partial charge in [0.05, 0.1) is 28.6 Å². The highest BCUT2D eigenvalue weighted by Gasteiger charge is 2.42. The average Bonchev–Trinajstić information content (AvgIpc) is 3.16. The lowest BCUT2D eigenvalue weighted by atomic mass is 9.89. The largest absolute Gasteiger partial charge is 0.363 e. The highest BCUT2D eigenvalue weighted by molar-refractivity contribution is 7.19. The summed E-state index contributed by atoms with van der Waals surface area (Å²) in [4.78, 5) is 26.2. The predicted molar refractivity (Wildman–Crippen MR) is 110 cm³/mol. The van der Waals surface area contributed by atoms with Crippen LogP contribution in [0.15, 0.2) is 18.6 Å². The normalized spacial score (nSPS) is 27.2. The molecule has 156 valence electrons. The van der Waals surface area contributed by atoms with Gasteiger partial charge in [0, 0.05) is 43.8 Å². The van der Waals surface area contributed by atoms with Crippen LogP contribution in [-0.2, 0) is 14.3 Å². The number of thiophene rings is 1. The third-order valence-corrected chi connectivity index (χ3v) is 7.41. The molecule has 0 bridgehead atoms. The summed E-state index contributed by atoms with van der Waals surface area (Å²) in [6, 6.07) is 2.17. The van der Waals surface area contributed by atoms with E-state index in [4.69, 9.17) is 21.1 Å². The number of nitrogens with one attached hydrogen (secondary N) is 1. The van der Waals surface area contributed by atoms with Gasteiger partial charge in [0.1, 0.15) is 18.5 Å². The Balaban J connectivity index is 1.39. The summed E-state index contributed by atoms with van der Waals surface area (Å²) in [5.74, 6) is -0.0243. The molecule has 0 radical (unpaired) electrons. The minimum Gasteiger partial charge on any atom is -0.363 e. The molecule has 2 unspecified atom stereocenters. The highest BCUT2D eigenvalue weighted by Crippen LogP contribution is 2.38. The van der Waals surface area contributed by atoms with Gasteiger partial charge in [-0.05, 0) is 18.9 Å². The maximum Gasteiger partial charge on any atom is 0.246 e. The van der Waals surface area contributed by atoms with Crippen molar-refractivity contribution in [3.63, 3.8) is 0 Å². The Hall–Kier alpha value is -1.36. The predicted octanol–water partition coefficient (Wildman–Crippen LogP) is 1.57. The Morgan fingerprint density at radius 3 is 2.90 bits per heavy atom. The molecule has 0 aromatic carbocycles. The van der Waals surface area contributed by atoms with Crippen LogP contribution in [0.3, 0.4) is 0 Å². The maximum absolute atomic E-state index is 11.5. The third kappa shape index (κ3) is 3.99. The topological polar surface area (TPSA) is 79.8 Å². The van der Waals surface area contributed by atoms with E-state index in [1.807, 2.05) is 6.20 Å². The molecule has 3 aliphatic heterocycles. The molecule has 3 fully saturated rings. The minimum absolute atomic E-state index is 0.0243. The Bertz CT molecular complexity index is 843. The number of fused-ring (bicyclic) bond motifs is 1. The van der Waals surface area contributed by atoms with E-state index in [0.29, 0.717) is 19.7 Å². The van der Waals surface area contributed by atoms with Crippen molar-refractivity contribution in [2.45, 2.75) is 30.2 Å². The number of carbonyl (C=O) groups is 1. The number of piperidine rings is 1. The molecule has 1 spiro atoms. The van der Waals surface area contributed by atoms with Crippen LogP contribution in [0.1, 0.15) is 23.9 Å². The van der Waals surface area contributed by atoms with Crippen molar-refractivity contribution in [2.75, 3.05) is 45.9 Å². The number of nitrogens with zero attached hydrogens (tertiary/aromatic N) is 4. The van der Waals surface area contributed by atoms with Gasteiger partial charge < -0.3 is 14.8 Å². The number of alkyl halides is 1. The van der Waals surface area contributed by atoms with Crippen molar-refractivity contribution in [2.24, 2.45) is 0 Å². The van der Waals surface area contributed by atoms with Gasteiger partial charge in [0.2, 0.25) is 5.91 Å². The van der Waals surface area contributed by atoms with E-state index in [1.165, 1.54) is 4.88 Å². The molecule has 2 atom stereocenters. The summed E-state index contributed by atoms with van der Waals surface area (Å²) in [6.45, 7) is 4.69. The fraction of sp³-hybridized carbons (Fsp3) is 0.632. The smallest absolute Gasteiger partial charge is 0.246 e. The molecule has 3 aliphatic rings. The van der Waals surface area contributed by atoms with Crippen LogP contribution in [0.5, 0.6) is 0 Å². The van der Waals surface area contributed by atoms with Gasteiger partial charge in [0.25, 0.3) is 0 Å². The monoisotopic (exact) mass is 437 g/mol. The lowest BCUT2D eigenvalue weighted by Crippen LogP contribution is -2.59. The van der Waals surface area contributed by atoms with Crippen molar-refractivity contribution < 1.29 is 14.3 Å². The minimum atomic E-state index is -0.298. The Labute approximate surface area is 178 Å². The molecule has 5 heterocycles. The van der Waals surface area contributed by atoms with Gasteiger partial charge >= 0.3 is 0 Å². The van der Waals surface area contributed by atoms with Crippen molar-refractivity contribution in [3.8, 4) is 0 Å². The zero-order valence-corrected chi connectivity index (χ0v) is 17.6. The molecule has 0 aliphatic carbocycles. The summed E-state index contributed by atoms with van der Waals surface area (Å²) in [5.41, 5.74) is 0.446. The number of rotatable bonds is 3. The summed E-state index contributed by atoms with van der Waals surface area (Å²) in [6.07, 6.45) is 5.37. The number of aromatic nitrogens is 2. The molecule has 2 aromatic rings. The summed E-state index contributed by atoms with van der Waals surface area (Å²) in [7, 11) is 0. The quantitative estimate of drug-likeness (QED) is 0.730. The number of hydrogen-bond acceptors (Lipinski definition) is 8. The molecule has 10 heteroatoms. The van der Waals surface area contributed by atoms with Crippen LogP contribution in [0, 0.1) is 0 Å². The Morgan fingerprint density at radius 2 is 2.17 bits per heavy atom. The van der Waals surface area contributed by atoms with Crippen molar-refractivity contribution in [1.29, 1.82) is 0 Å². The summed E-state index contributed by atoms with van der Waals surface area (Å²) >= 11 is 8.07. The second-order valence-corrected chi connectivity index (χ2v) is 9.46. The van der Waals surface area contributed by atoms with E-state index >= 15 is 0 Å². The molecule has 0 saturated carbocycles. The first-order valence-corrected chi connectivity index (χ1v) is 11.2. The number of likely N-dealkylation sites (tertiary alicyclic amines) is 1. The van der Waals surface area contributed by atoms with Gasteiger partial charge in [-0.3, -0.25) is 14.6 Å². The van der Waals surface area contributed by atoms with E-state index in [2.05, 4.69) is 31.2 Å². The van der Waals surface area contributed by atoms with E-state index in [0.717, 1.165) is 42.7 Å². The number of morpholine rings is 2. The van der Waals surface area contributed by atoms with E-state index in [9.17, 15) is 4.79 Å². The van der Waals surface area contributed by atoms with Crippen LogP contribution in [0.25, 0.3) is 10.2 Å². The number of halogens is 1. The first-order valence-electron chi connectivity index (χ1n) is 9.96. The number of amides is 1. The molecule has 1 N–H and O–H groups in total. The first-order chi connectivity index (χ1) is 14.1. The Kier molecular flexibility index (Phi) is 5.44. The molecule has 29 heavy (non-hydrogen) atoms. The number of carbonyl (C=O) groups excluding carboxylic acids is 1. The number of hydrogen-bond donors (Lipinski definition) is 1. The fourth-order valence-electron chi connectivity index (χ4n) is 4.45. The molecule has 3 saturated heterocycles. The van der Waals surface area contributed by atoms with Crippen LogP contribution < -0.4 is 5.32 Å². The van der Waals surface area contributed by atoms with Crippen LogP contribution >= 0.6 is 22.9 Å². The van der Waals surface area contributed by atoms with Gasteiger partial charge in [-0.1, -0.05) is 11.6 Å². The third-order valence-electron chi connectivity index (χ3n) is 6.04. The molecular weight excluding hydrogens is 414 g/mol. The molecule has 1 amide bonds. The zero-order chi connectivity index (χ0) is 19.8. The van der Waals surface area contributed by atoms with Crippen LogP contribution in [-0.4, -0.2) is 82.8 Å². The van der Waals surface area contributed by atoms with Crippen molar-refractivity contribution in [3.05, 3.63) is 23.5 Å². The lowest BCUT2D eigenvalue weighted by molar-refractivity contribution is -0.154. The standard InChI is InChI=1S/C19H24ClN5O3S/c20-16-9-25(5-6-27-16)18(14-7-13-15(29-14)8-21-12-23-13)24-3-1-19(2-4-24)11-22-17(26)10-28-19/h7-8,12,16,18H,1-6,9-11H2,(H,22,26). The van der Waals surface area contributed by atoms with Crippen LogP contribution in [0.2, 0.25) is 0 Å². The summed E-state index contributed by atoms with van der Waals surface area (Å²) < 4.78 is 12.6. The maximum atomic E-state index is 11.5. The number of ether oxygens (including phenoxy) is 2. The van der Waals surface area contributed by atoms with Crippen molar-refractivity contribution in [1.82, 2.24) is 25.1 Å². The molecule has 5 rings (SSSR count). The van der Waals surface area contributed by atoms with Crippen molar-refractivity contribution >= 4 is 39.1 Å². The van der Waals surface area contributed by atoms with Gasteiger partial charge in [-0.15, -0.1) is 11.3 Å². The van der Waals surface area contributed by atoms with Crippen LogP contribution in [0.4, 0.5) is 0 Å². The van der Waals surface area contributed by atoms with E-state index < -0.39 is 0 Å². The second-order valence-electron chi connectivity index (χ2n) is 7.85. The SMILES string of the molecule is O=C1COC2(CCN(C(c3cc4ncncc4s3)N3CCOC(Cl)C3)CC2)CN1. The second kappa shape index (κ2) is 8.05. The Morgan fingerprint density at radius 1 is 1.31 bits per heavy atom. The molecule has 2 aromatic heterocycles. The summed E-state index contributed by atoms with van der Waals surface area (Å²) in [5, 5.41) is 2.97. The molecule has 8 nitrogen and oxygen atoms in total. The molecular formula is C19H24ClN5O3S. The fourth-order valence-corrected chi connectivity index (χ4v) is 5.87. The van der Waals surface area contributed by atoms with E-state index in [1.54, 1.807) is 17.7 Å². The average molecular weight is 438 g/mol. The zero-order valence-electron chi connectivity index (χ0n) is 16.1. The van der Waals surface area contributed by atoms with E-state index in [-0.39, 0.29) is 29.8 Å². The first kappa shape index (κ1) is 19.6. The van der Waals surface area contributed by atoms with Gasteiger partial charge in [-0.2, -0.15) is 0 Å². The van der Waals surface area contributed by atoms with Gasteiger partial charge in [0.15, 0.2) is 0 Å². The highest BCUT2D eigenvalue weighted by atomic mass is 35.5.